The van der Waals surface area contributed by atoms with Gasteiger partial charge in [-0.2, -0.15) is 16.8 Å². The molecule has 0 spiro atoms. The van der Waals surface area contributed by atoms with Crippen LogP contribution in [0.3, 0.4) is 0 Å². The molecule has 4 aromatic carbocycles. The monoisotopic (exact) mass is 732 g/mol. The maximum Gasteiger partial charge on any atom is 2.00 e. The van der Waals surface area contributed by atoms with Crippen molar-refractivity contribution in [2.24, 2.45) is 0 Å². The number of aromatic carboxylic acids is 2. The molecule has 0 amide bonds. The fourth-order valence-electron chi connectivity index (χ4n) is 3.77. The van der Waals surface area contributed by atoms with Gasteiger partial charge in [0.05, 0.1) is 34.4 Å². The fourth-order valence-corrected chi connectivity index (χ4v) is 5.69. The van der Waals surface area contributed by atoms with Gasteiger partial charge < -0.3 is 39.6 Å². The van der Waals surface area contributed by atoms with E-state index in [9.17, 15) is 46.2 Å². The van der Waals surface area contributed by atoms with E-state index in [0.717, 1.165) is 24.3 Å². The first-order chi connectivity index (χ1) is 21.4. The van der Waals surface area contributed by atoms with Crippen LogP contribution in [-0.2, 0) is 48.1 Å². The Bertz CT molecular complexity index is 1930. The number of para-hydroxylation sites is 2. The van der Waals surface area contributed by atoms with Crippen LogP contribution in [0.2, 0.25) is 0 Å². The molecule has 0 fully saturated rings. The molecule has 0 aromatic heterocycles. The number of carbonyl (C=O) groups is 4. The van der Waals surface area contributed by atoms with E-state index < -0.39 is 66.6 Å². The molecule has 4 aromatic rings. The Balaban J connectivity index is 0.000000320. The Morgan fingerprint density at radius 3 is 1.15 bits per heavy atom. The summed E-state index contributed by atoms with van der Waals surface area (Å²) >= 11 is 0. The maximum atomic E-state index is 12.1. The summed E-state index contributed by atoms with van der Waals surface area (Å²) in [7, 11) is -8.70. The van der Waals surface area contributed by atoms with E-state index in [-0.39, 0.29) is 40.4 Å². The van der Waals surface area contributed by atoms with Gasteiger partial charge in [0, 0.05) is 11.1 Å². The molecule has 14 nitrogen and oxygen atoms in total. The van der Waals surface area contributed by atoms with Gasteiger partial charge >= 0.3 is 51.7 Å². The van der Waals surface area contributed by atoms with Gasteiger partial charge in [0.15, 0.2) is 0 Å². The Morgan fingerprint density at radius 1 is 0.553 bits per heavy atom. The van der Waals surface area contributed by atoms with E-state index in [4.69, 9.17) is 11.5 Å². The molecule has 0 atom stereocenters. The number of hydrogen-bond donors (Lipinski definition) is 2. The Labute approximate surface area is 281 Å². The third kappa shape index (κ3) is 9.45. The zero-order chi connectivity index (χ0) is 34.4. The average molecular weight is 734 g/mol. The van der Waals surface area contributed by atoms with Crippen LogP contribution in [0, 0.1) is 13.8 Å². The molecule has 17 heteroatoms. The quantitative estimate of drug-likeness (QED) is 0.145. The van der Waals surface area contributed by atoms with Crippen molar-refractivity contribution >= 4 is 55.5 Å². The number of carboxylic acids is 2. The molecule has 4 N–H and O–H groups in total. The Hall–Kier alpha value is -5.12. The smallest absolute Gasteiger partial charge is 0.545 e. The second-order valence-corrected chi connectivity index (χ2v) is 12.5. The van der Waals surface area contributed by atoms with E-state index in [0.29, 0.717) is 11.1 Å². The van der Waals surface area contributed by atoms with Crippen molar-refractivity contribution in [1.82, 2.24) is 0 Å². The summed E-state index contributed by atoms with van der Waals surface area (Å²) in [4.78, 5) is 45.4. The Kier molecular flexibility index (Phi) is 12.5. The maximum absolute atomic E-state index is 12.1. The molecule has 0 aliphatic carbocycles. The number of aryl methyl sites for hydroxylation is 2. The molecular weight excluding hydrogens is 710 g/mol. The number of rotatable bonds is 8. The van der Waals surface area contributed by atoms with Crippen LogP contribution in [0.25, 0.3) is 0 Å². The van der Waals surface area contributed by atoms with E-state index in [2.05, 4.69) is 8.37 Å². The van der Waals surface area contributed by atoms with Gasteiger partial charge in [0.1, 0.15) is 9.79 Å². The minimum Gasteiger partial charge on any atom is -0.545 e. The number of anilines is 2. The van der Waals surface area contributed by atoms with Gasteiger partial charge in [-0.1, -0.05) is 48.5 Å². The molecule has 0 unspecified atom stereocenters. The molecule has 0 radical (unpaired) electrons. The van der Waals surface area contributed by atoms with Crippen molar-refractivity contribution in [2.45, 2.75) is 23.6 Å². The van der Waals surface area contributed by atoms with Crippen LogP contribution in [-0.4, -0.2) is 40.7 Å². The fraction of sp³-hybridized carbons (Fsp3) is 0.0667. The van der Waals surface area contributed by atoms with Crippen molar-refractivity contribution in [3.63, 3.8) is 0 Å². The predicted molar refractivity (Wildman–Crippen MR) is 158 cm³/mol. The third-order valence-corrected chi connectivity index (χ3v) is 8.42. The van der Waals surface area contributed by atoms with Crippen LogP contribution in [0.4, 0.5) is 11.4 Å². The van der Waals surface area contributed by atoms with Crippen molar-refractivity contribution in [3.05, 3.63) is 118 Å². The summed E-state index contributed by atoms with van der Waals surface area (Å²) in [6.07, 6.45) is 0. The molecule has 0 bridgehead atoms. The van der Waals surface area contributed by atoms with Crippen LogP contribution < -0.4 is 21.7 Å². The number of carbonyl (C=O) groups excluding carboxylic acids is 4. The molecule has 4 rings (SSSR count). The Morgan fingerprint density at radius 2 is 0.851 bits per heavy atom. The summed E-state index contributed by atoms with van der Waals surface area (Å²) < 4.78 is 57.4. The number of nitrogens with two attached hydrogens (primary N) is 2. The summed E-state index contributed by atoms with van der Waals surface area (Å²) in [5.41, 5.74) is 10.0. The second-order valence-electron chi connectivity index (χ2n) is 9.39. The zero-order valence-corrected chi connectivity index (χ0v) is 29.3. The van der Waals surface area contributed by atoms with Crippen LogP contribution in [0.5, 0.6) is 0 Å². The minimum absolute atomic E-state index is 0. The molecule has 0 saturated heterocycles. The van der Waals surface area contributed by atoms with Gasteiger partial charge in [-0.25, -0.2) is 9.59 Å². The van der Waals surface area contributed by atoms with E-state index in [1.165, 1.54) is 48.5 Å². The van der Waals surface area contributed by atoms with Crippen molar-refractivity contribution in [3.8, 4) is 0 Å². The summed E-state index contributed by atoms with van der Waals surface area (Å²) in [5, 5.41) is 21.8. The first-order valence-corrected chi connectivity index (χ1v) is 15.6. The summed E-state index contributed by atoms with van der Waals surface area (Å²) in [6.45, 7) is 3.37. The normalized spacial score (nSPS) is 10.8. The second kappa shape index (κ2) is 15.4. The number of carboxylic acid groups (broad SMARTS) is 2. The molecule has 0 aliphatic rings. The summed E-state index contributed by atoms with van der Waals surface area (Å²) in [6, 6.07) is 18.7. The van der Waals surface area contributed by atoms with E-state index >= 15 is 0 Å². The van der Waals surface area contributed by atoms with Crippen LogP contribution in [0.1, 0.15) is 52.6 Å². The zero-order valence-electron chi connectivity index (χ0n) is 24.7. The van der Waals surface area contributed by atoms with Crippen molar-refractivity contribution in [2.75, 3.05) is 11.5 Å². The molecule has 47 heavy (non-hydrogen) atoms. The largest absolute Gasteiger partial charge is 2.00 e. The topological polar surface area (TPSA) is 253 Å². The summed E-state index contributed by atoms with van der Waals surface area (Å²) in [5.74, 6) is -5.71. The minimum atomic E-state index is -4.35. The first kappa shape index (κ1) is 38.1. The molecule has 0 aliphatic heterocycles. The van der Waals surface area contributed by atoms with Crippen LogP contribution >= 0.6 is 0 Å². The van der Waals surface area contributed by atoms with Gasteiger partial charge in [-0.05, 0) is 61.4 Å². The van der Waals surface area contributed by atoms with Crippen LogP contribution in [0.15, 0.2) is 94.7 Å². The number of benzene rings is 4. The standard InChI is InChI=1S/2C15H13NO6S.Zn/c2*1-9-4-2-5-10(8-9)23(20,21)22-15(19)12-7-3-6-11(13(12)16)14(17)18;/h2*2-8H,16H2,1H3,(H,17,18);/q;;+2/p-2. The predicted octanol–water partition coefficient (Wildman–Crippen LogP) is 0.970. The van der Waals surface area contributed by atoms with Gasteiger partial charge in [0.25, 0.3) is 0 Å². The molecular formula is C30H24N2O12S2Zn. The van der Waals surface area contributed by atoms with Gasteiger partial charge in [0.2, 0.25) is 0 Å². The molecule has 240 valence electrons. The number of nitrogen functional groups attached to an aromatic ring is 2. The SMILES string of the molecule is Cc1cccc(S(=O)(=O)OC(=O)c2cccc(C(=O)[O-])c2N)c1.Cc1cccc(S(=O)(=O)OC(=O)c2cccc(C(=O)[O-])c2N)c1.[Zn+2]. The van der Waals surface area contributed by atoms with Crippen molar-refractivity contribution in [1.29, 1.82) is 0 Å². The first-order valence-electron chi connectivity index (χ1n) is 12.7. The van der Waals surface area contributed by atoms with Gasteiger partial charge in [-0.3, -0.25) is 0 Å². The van der Waals surface area contributed by atoms with E-state index in [1.54, 1.807) is 26.0 Å². The van der Waals surface area contributed by atoms with Crippen molar-refractivity contribution < 1.29 is 74.1 Å². The third-order valence-electron chi connectivity index (χ3n) is 6.02. The van der Waals surface area contributed by atoms with Gasteiger partial charge in [-0.15, -0.1) is 0 Å². The molecule has 0 saturated carbocycles. The molecule has 0 heterocycles. The average Bonchev–Trinajstić information content (AvgIpc) is 2.97. The van der Waals surface area contributed by atoms with E-state index in [1.807, 2.05) is 0 Å². The number of hydrogen-bond acceptors (Lipinski definition) is 14.